The number of aryl methyl sites for hydroxylation is 2. The molecule has 1 atom stereocenters. The second-order valence-corrected chi connectivity index (χ2v) is 5.48. The number of aromatic nitrogens is 2. The van der Waals surface area contributed by atoms with Gasteiger partial charge < -0.3 is 14.8 Å². The number of hydrogen-bond donors (Lipinski definition) is 1. The average Bonchev–Trinajstić information content (AvgIpc) is 2.89. The molecule has 0 aliphatic carbocycles. The minimum absolute atomic E-state index is 0.0904. The van der Waals surface area contributed by atoms with Crippen molar-refractivity contribution in [3.63, 3.8) is 0 Å². The highest BCUT2D eigenvalue weighted by Gasteiger charge is 2.39. The van der Waals surface area contributed by atoms with Crippen LogP contribution in [0.3, 0.4) is 0 Å². The Kier molecular flexibility index (Phi) is 5.57. The Labute approximate surface area is 121 Å². The van der Waals surface area contributed by atoms with Gasteiger partial charge in [0.15, 0.2) is 0 Å². The van der Waals surface area contributed by atoms with E-state index in [0.717, 1.165) is 45.4 Å². The summed E-state index contributed by atoms with van der Waals surface area (Å²) in [5.74, 6) is 0. The van der Waals surface area contributed by atoms with Gasteiger partial charge >= 0.3 is 0 Å². The number of rotatable bonds is 7. The molecule has 0 radical (unpaired) electrons. The standard InChI is InChI=1S/C15H27N3O2/c1-4-16-14(6-5-13-7-10-17-18(13)2)15(19-3)8-11-20-12-9-15/h7,10,14,16H,4-6,8-9,11-12H2,1-3H3. The summed E-state index contributed by atoms with van der Waals surface area (Å²) < 4.78 is 13.4. The van der Waals surface area contributed by atoms with Gasteiger partial charge in [0.2, 0.25) is 0 Å². The first kappa shape index (κ1) is 15.5. The van der Waals surface area contributed by atoms with Gasteiger partial charge in [-0.2, -0.15) is 5.10 Å². The molecule has 5 nitrogen and oxygen atoms in total. The summed E-state index contributed by atoms with van der Waals surface area (Å²) >= 11 is 0. The number of ether oxygens (including phenoxy) is 2. The Balaban J connectivity index is 2.03. The minimum atomic E-state index is -0.0904. The molecule has 114 valence electrons. The molecule has 1 saturated heterocycles. The van der Waals surface area contributed by atoms with E-state index >= 15 is 0 Å². The monoisotopic (exact) mass is 281 g/mol. The lowest BCUT2D eigenvalue weighted by Crippen LogP contribution is -2.55. The quantitative estimate of drug-likeness (QED) is 0.823. The fourth-order valence-corrected chi connectivity index (χ4v) is 3.15. The molecule has 0 amide bonds. The number of nitrogens with one attached hydrogen (secondary N) is 1. The summed E-state index contributed by atoms with van der Waals surface area (Å²) in [7, 11) is 3.83. The van der Waals surface area contributed by atoms with Crippen molar-refractivity contribution in [3.8, 4) is 0 Å². The van der Waals surface area contributed by atoms with E-state index in [9.17, 15) is 0 Å². The van der Waals surface area contributed by atoms with Gasteiger partial charge in [-0.25, -0.2) is 0 Å². The first-order chi connectivity index (χ1) is 9.72. The average molecular weight is 281 g/mol. The fraction of sp³-hybridized carbons (Fsp3) is 0.800. The van der Waals surface area contributed by atoms with Gasteiger partial charge in [-0.15, -0.1) is 0 Å². The van der Waals surface area contributed by atoms with Crippen LogP contribution in [0.4, 0.5) is 0 Å². The molecule has 5 heteroatoms. The highest BCUT2D eigenvalue weighted by molar-refractivity contribution is 5.03. The second-order valence-electron chi connectivity index (χ2n) is 5.48. The van der Waals surface area contributed by atoms with Crippen molar-refractivity contribution in [1.29, 1.82) is 0 Å². The SMILES string of the molecule is CCNC(CCc1ccnn1C)C1(OC)CCOCC1. The molecule has 0 aromatic carbocycles. The number of nitrogens with zero attached hydrogens (tertiary/aromatic N) is 2. The van der Waals surface area contributed by atoms with E-state index in [4.69, 9.17) is 9.47 Å². The number of hydrogen-bond acceptors (Lipinski definition) is 4. The Morgan fingerprint density at radius 2 is 2.25 bits per heavy atom. The largest absolute Gasteiger partial charge is 0.381 e. The van der Waals surface area contributed by atoms with Crippen LogP contribution < -0.4 is 5.32 Å². The van der Waals surface area contributed by atoms with Crippen molar-refractivity contribution in [3.05, 3.63) is 18.0 Å². The summed E-state index contributed by atoms with van der Waals surface area (Å²) in [6.07, 6.45) is 5.86. The van der Waals surface area contributed by atoms with Gasteiger partial charge in [-0.3, -0.25) is 4.68 Å². The van der Waals surface area contributed by atoms with E-state index in [1.807, 2.05) is 25.0 Å². The van der Waals surface area contributed by atoms with Crippen LogP contribution in [0.15, 0.2) is 12.3 Å². The summed E-state index contributed by atoms with van der Waals surface area (Å²) in [6, 6.07) is 2.45. The van der Waals surface area contributed by atoms with E-state index in [1.54, 1.807) is 0 Å². The normalized spacial score (nSPS) is 19.9. The molecule has 2 heterocycles. The lowest BCUT2D eigenvalue weighted by Gasteiger charge is -2.42. The summed E-state index contributed by atoms with van der Waals surface area (Å²) in [5.41, 5.74) is 1.18. The molecule has 0 saturated carbocycles. The lowest BCUT2D eigenvalue weighted by molar-refractivity contribution is -0.111. The minimum Gasteiger partial charge on any atom is -0.381 e. The fourth-order valence-electron chi connectivity index (χ4n) is 3.15. The maximum Gasteiger partial charge on any atom is 0.0874 e. The van der Waals surface area contributed by atoms with Gasteiger partial charge in [0.1, 0.15) is 0 Å². The first-order valence-corrected chi connectivity index (χ1v) is 7.55. The number of methoxy groups -OCH3 is 1. The zero-order valence-corrected chi connectivity index (χ0v) is 12.9. The lowest BCUT2D eigenvalue weighted by atomic mass is 9.83. The predicted molar refractivity (Wildman–Crippen MR) is 78.8 cm³/mol. The highest BCUT2D eigenvalue weighted by atomic mass is 16.5. The maximum absolute atomic E-state index is 5.93. The van der Waals surface area contributed by atoms with Crippen LogP contribution in [-0.2, 0) is 22.9 Å². The second kappa shape index (κ2) is 7.20. The van der Waals surface area contributed by atoms with Crippen LogP contribution in [0.5, 0.6) is 0 Å². The van der Waals surface area contributed by atoms with Crippen LogP contribution in [0.1, 0.15) is 31.9 Å². The molecule has 0 bridgehead atoms. The molecule has 1 aliphatic rings. The van der Waals surface area contributed by atoms with E-state index in [-0.39, 0.29) is 5.60 Å². The summed E-state index contributed by atoms with van der Waals surface area (Å²) in [6.45, 7) is 4.70. The Hall–Kier alpha value is -0.910. The van der Waals surface area contributed by atoms with Crippen LogP contribution in [0.2, 0.25) is 0 Å². The Morgan fingerprint density at radius 1 is 1.50 bits per heavy atom. The van der Waals surface area contributed by atoms with E-state index in [1.165, 1.54) is 5.69 Å². The van der Waals surface area contributed by atoms with Gasteiger partial charge in [0.25, 0.3) is 0 Å². The van der Waals surface area contributed by atoms with E-state index in [0.29, 0.717) is 6.04 Å². The molecule has 1 unspecified atom stereocenters. The van der Waals surface area contributed by atoms with Crippen molar-refractivity contribution < 1.29 is 9.47 Å². The smallest absolute Gasteiger partial charge is 0.0874 e. The third kappa shape index (κ3) is 3.40. The van der Waals surface area contributed by atoms with Crippen LogP contribution >= 0.6 is 0 Å². The molecule has 1 fully saturated rings. The van der Waals surface area contributed by atoms with Gasteiger partial charge in [0, 0.05) is 58.1 Å². The summed E-state index contributed by atoms with van der Waals surface area (Å²) in [5, 5.41) is 7.85. The molecule has 1 aromatic rings. The molecule has 1 aromatic heterocycles. The first-order valence-electron chi connectivity index (χ1n) is 7.55. The molecular formula is C15H27N3O2. The molecule has 2 rings (SSSR count). The van der Waals surface area contributed by atoms with E-state index in [2.05, 4.69) is 23.4 Å². The van der Waals surface area contributed by atoms with Crippen molar-refractivity contribution in [2.24, 2.45) is 7.05 Å². The van der Waals surface area contributed by atoms with Gasteiger partial charge in [-0.05, 0) is 25.5 Å². The zero-order valence-electron chi connectivity index (χ0n) is 12.9. The zero-order chi connectivity index (χ0) is 14.4. The predicted octanol–water partition coefficient (Wildman–Crippen LogP) is 1.53. The third-order valence-electron chi connectivity index (χ3n) is 4.44. The van der Waals surface area contributed by atoms with Crippen molar-refractivity contribution in [1.82, 2.24) is 15.1 Å². The molecular weight excluding hydrogens is 254 g/mol. The molecule has 1 N–H and O–H groups in total. The van der Waals surface area contributed by atoms with Crippen molar-refractivity contribution in [2.45, 2.75) is 44.2 Å². The molecule has 20 heavy (non-hydrogen) atoms. The van der Waals surface area contributed by atoms with Crippen molar-refractivity contribution in [2.75, 3.05) is 26.9 Å². The van der Waals surface area contributed by atoms with Crippen LogP contribution in [-0.4, -0.2) is 48.3 Å². The van der Waals surface area contributed by atoms with Crippen LogP contribution in [0, 0.1) is 0 Å². The molecule has 0 spiro atoms. The molecule has 1 aliphatic heterocycles. The number of likely N-dealkylation sites (N-methyl/N-ethyl adjacent to an activating group) is 1. The topological polar surface area (TPSA) is 48.3 Å². The summed E-state index contributed by atoms with van der Waals surface area (Å²) in [4.78, 5) is 0. The van der Waals surface area contributed by atoms with Gasteiger partial charge in [0.05, 0.1) is 5.60 Å². The third-order valence-corrected chi connectivity index (χ3v) is 4.44. The van der Waals surface area contributed by atoms with E-state index < -0.39 is 0 Å². The van der Waals surface area contributed by atoms with Crippen LogP contribution in [0.25, 0.3) is 0 Å². The maximum atomic E-state index is 5.93. The highest BCUT2D eigenvalue weighted by Crippen LogP contribution is 2.30. The van der Waals surface area contributed by atoms with Gasteiger partial charge in [-0.1, -0.05) is 6.92 Å². The Bertz CT molecular complexity index is 400. The van der Waals surface area contributed by atoms with Crippen molar-refractivity contribution >= 4 is 0 Å². The Morgan fingerprint density at radius 3 is 2.80 bits per heavy atom.